The standard InChI is InChI=1S/C14H16N2O2/c1-9-11-5-3-4-6-12(11)15(2)13(9)14(18)16-7-10(17)8-16/h3-6,10,17H,7-8H2,1-2H3. The van der Waals surface area contributed by atoms with Crippen LogP contribution < -0.4 is 0 Å². The third kappa shape index (κ3) is 1.46. The van der Waals surface area contributed by atoms with Crippen molar-refractivity contribution >= 4 is 16.8 Å². The number of hydrogen-bond acceptors (Lipinski definition) is 2. The highest BCUT2D eigenvalue weighted by atomic mass is 16.3. The zero-order valence-electron chi connectivity index (χ0n) is 10.6. The number of benzene rings is 1. The summed E-state index contributed by atoms with van der Waals surface area (Å²) in [6, 6.07) is 8.01. The summed E-state index contributed by atoms with van der Waals surface area (Å²) in [6.07, 6.45) is -0.357. The lowest BCUT2D eigenvalue weighted by atomic mass is 10.1. The van der Waals surface area contributed by atoms with E-state index in [1.54, 1.807) is 4.90 Å². The van der Waals surface area contributed by atoms with Gasteiger partial charge in [-0.05, 0) is 18.6 Å². The predicted molar refractivity (Wildman–Crippen MR) is 69.6 cm³/mol. The summed E-state index contributed by atoms with van der Waals surface area (Å²) in [6.45, 7) is 2.87. The van der Waals surface area contributed by atoms with Crippen molar-refractivity contribution in [3.63, 3.8) is 0 Å². The molecule has 18 heavy (non-hydrogen) atoms. The lowest BCUT2D eigenvalue weighted by Crippen LogP contribution is -2.53. The molecule has 1 aromatic heterocycles. The Morgan fingerprint density at radius 2 is 2.00 bits per heavy atom. The fourth-order valence-electron chi connectivity index (χ4n) is 2.66. The molecule has 0 spiro atoms. The minimum absolute atomic E-state index is 0.0106. The number of fused-ring (bicyclic) bond motifs is 1. The minimum atomic E-state index is -0.357. The Morgan fingerprint density at radius 1 is 1.33 bits per heavy atom. The van der Waals surface area contributed by atoms with Crippen LogP contribution in [0.4, 0.5) is 0 Å². The van der Waals surface area contributed by atoms with Gasteiger partial charge in [0, 0.05) is 31.0 Å². The Labute approximate surface area is 105 Å². The zero-order chi connectivity index (χ0) is 12.9. The van der Waals surface area contributed by atoms with Crippen molar-refractivity contribution in [1.82, 2.24) is 9.47 Å². The summed E-state index contributed by atoms with van der Waals surface area (Å²) in [5.41, 5.74) is 2.81. The van der Waals surface area contributed by atoms with Crippen LogP contribution in [0.3, 0.4) is 0 Å². The molecular weight excluding hydrogens is 228 g/mol. The molecule has 0 saturated carbocycles. The summed E-state index contributed by atoms with van der Waals surface area (Å²) in [4.78, 5) is 14.1. The molecule has 94 valence electrons. The molecule has 3 rings (SSSR count). The monoisotopic (exact) mass is 244 g/mol. The van der Waals surface area contributed by atoms with Crippen LogP contribution in [0.15, 0.2) is 24.3 Å². The zero-order valence-corrected chi connectivity index (χ0v) is 10.6. The van der Waals surface area contributed by atoms with Gasteiger partial charge in [-0.3, -0.25) is 4.79 Å². The van der Waals surface area contributed by atoms with Gasteiger partial charge in [-0.15, -0.1) is 0 Å². The van der Waals surface area contributed by atoms with Crippen molar-refractivity contribution in [2.45, 2.75) is 13.0 Å². The first kappa shape index (κ1) is 11.3. The molecule has 0 radical (unpaired) electrons. The molecule has 0 unspecified atom stereocenters. The molecule has 4 nitrogen and oxygen atoms in total. The number of rotatable bonds is 1. The number of β-amino-alcohol motifs (C(OH)–C–C–N with tert-alkyl or cyclic N) is 1. The Hall–Kier alpha value is -1.81. The van der Waals surface area contributed by atoms with Crippen molar-refractivity contribution in [3.05, 3.63) is 35.5 Å². The highest BCUT2D eigenvalue weighted by molar-refractivity contribution is 6.01. The summed E-state index contributed by atoms with van der Waals surface area (Å²) < 4.78 is 1.94. The average Bonchev–Trinajstić information content (AvgIpc) is 2.58. The first-order chi connectivity index (χ1) is 8.59. The summed E-state index contributed by atoms with van der Waals surface area (Å²) in [5.74, 6) is 0.0106. The van der Waals surface area contributed by atoms with Crippen LogP contribution in [-0.2, 0) is 7.05 Å². The van der Waals surface area contributed by atoms with E-state index < -0.39 is 0 Å². The third-order valence-electron chi connectivity index (χ3n) is 3.71. The fraction of sp³-hybridized carbons (Fsp3) is 0.357. The number of likely N-dealkylation sites (tertiary alicyclic amines) is 1. The molecule has 0 aliphatic carbocycles. The third-order valence-corrected chi connectivity index (χ3v) is 3.71. The number of aliphatic hydroxyl groups excluding tert-OH is 1. The van der Waals surface area contributed by atoms with Gasteiger partial charge < -0.3 is 14.6 Å². The van der Waals surface area contributed by atoms with Crippen LogP contribution in [0.25, 0.3) is 10.9 Å². The summed E-state index contributed by atoms with van der Waals surface area (Å²) in [7, 11) is 1.92. The van der Waals surface area contributed by atoms with E-state index in [1.165, 1.54) is 0 Å². The van der Waals surface area contributed by atoms with E-state index in [0.29, 0.717) is 13.1 Å². The van der Waals surface area contributed by atoms with Crippen molar-refractivity contribution in [2.24, 2.45) is 7.05 Å². The number of aromatic nitrogens is 1. The summed E-state index contributed by atoms with van der Waals surface area (Å²) >= 11 is 0. The molecule has 0 bridgehead atoms. The van der Waals surface area contributed by atoms with E-state index in [4.69, 9.17) is 0 Å². The van der Waals surface area contributed by atoms with Gasteiger partial charge in [-0.25, -0.2) is 0 Å². The van der Waals surface area contributed by atoms with Gasteiger partial charge in [0.1, 0.15) is 5.69 Å². The first-order valence-corrected chi connectivity index (χ1v) is 6.11. The van der Waals surface area contributed by atoms with Crippen LogP contribution in [0.2, 0.25) is 0 Å². The Bertz CT molecular complexity index is 585. The second kappa shape index (κ2) is 3.85. The molecule has 1 fully saturated rings. The Morgan fingerprint density at radius 3 is 2.61 bits per heavy atom. The molecule has 1 aliphatic heterocycles. The highest BCUT2D eigenvalue weighted by Crippen LogP contribution is 2.26. The van der Waals surface area contributed by atoms with Crippen molar-refractivity contribution in [1.29, 1.82) is 0 Å². The average molecular weight is 244 g/mol. The van der Waals surface area contributed by atoms with Crippen molar-refractivity contribution in [2.75, 3.05) is 13.1 Å². The number of para-hydroxylation sites is 1. The first-order valence-electron chi connectivity index (χ1n) is 6.11. The van der Waals surface area contributed by atoms with E-state index in [0.717, 1.165) is 22.2 Å². The van der Waals surface area contributed by atoms with E-state index in [-0.39, 0.29) is 12.0 Å². The quantitative estimate of drug-likeness (QED) is 0.822. The van der Waals surface area contributed by atoms with Crippen molar-refractivity contribution in [3.8, 4) is 0 Å². The van der Waals surface area contributed by atoms with Crippen LogP contribution in [0.5, 0.6) is 0 Å². The van der Waals surface area contributed by atoms with Crippen LogP contribution in [-0.4, -0.2) is 39.7 Å². The molecule has 4 heteroatoms. The van der Waals surface area contributed by atoms with E-state index >= 15 is 0 Å². The maximum Gasteiger partial charge on any atom is 0.270 e. The highest BCUT2D eigenvalue weighted by Gasteiger charge is 2.32. The molecule has 2 aromatic rings. The number of hydrogen-bond donors (Lipinski definition) is 1. The maximum atomic E-state index is 12.4. The molecule has 0 atom stereocenters. The number of carbonyl (C=O) groups excluding carboxylic acids is 1. The lowest BCUT2D eigenvalue weighted by molar-refractivity contribution is 0.00524. The number of aryl methyl sites for hydroxylation is 2. The molecule has 1 aliphatic rings. The molecule has 1 saturated heterocycles. The summed E-state index contributed by atoms with van der Waals surface area (Å²) in [5, 5.41) is 10.4. The van der Waals surface area contributed by atoms with Gasteiger partial charge in [0.15, 0.2) is 0 Å². The molecular formula is C14H16N2O2. The van der Waals surface area contributed by atoms with Gasteiger partial charge in [0.2, 0.25) is 0 Å². The van der Waals surface area contributed by atoms with Gasteiger partial charge in [0.05, 0.1) is 6.10 Å². The fourth-order valence-corrected chi connectivity index (χ4v) is 2.66. The van der Waals surface area contributed by atoms with Crippen molar-refractivity contribution < 1.29 is 9.90 Å². The van der Waals surface area contributed by atoms with Gasteiger partial charge in [0.25, 0.3) is 5.91 Å². The molecule has 1 amide bonds. The SMILES string of the molecule is Cc1c(C(=O)N2CC(O)C2)n(C)c2ccccc12. The maximum absolute atomic E-state index is 12.4. The van der Waals surface area contributed by atoms with Gasteiger partial charge >= 0.3 is 0 Å². The smallest absolute Gasteiger partial charge is 0.270 e. The van der Waals surface area contributed by atoms with E-state index in [1.807, 2.05) is 42.8 Å². The Kier molecular flexibility index (Phi) is 2.41. The van der Waals surface area contributed by atoms with Crippen LogP contribution in [0.1, 0.15) is 16.1 Å². The van der Waals surface area contributed by atoms with Gasteiger partial charge in [-0.2, -0.15) is 0 Å². The number of amides is 1. The minimum Gasteiger partial charge on any atom is -0.389 e. The molecule has 1 aromatic carbocycles. The second-order valence-electron chi connectivity index (χ2n) is 4.91. The topological polar surface area (TPSA) is 45.5 Å². The molecule has 1 N–H and O–H groups in total. The number of carbonyl (C=O) groups is 1. The largest absolute Gasteiger partial charge is 0.389 e. The van der Waals surface area contributed by atoms with E-state index in [2.05, 4.69) is 0 Å². The number of aliphatic hydroxyl groups is 1. The lowest BCUT2D eigenvalue weighted by Gasteiger charge is -2.36. The molecule has 2 heterocycles. The van der Waals surface area contributed by atoms with Gasteiger partial charge in [-0.1, -0.05) is 18.2 Å². The predicted octanol–water partition coefficient (Wildman–Crippen LogP) is 1.30. The van der Waals surface area contributed by atoms with Crippen LogP contribution in [0, 0.1) is 6.92 Å². The number of nitrogens with zero attached hydrogens (tertiary/aromatic N) is 2. The van der Waals surface area contributed by atoms with E-state index in [9.17, 15) is 9.90 Å². The second-order valence-corrected chi connectivity index (χ2v) is 4.91. The van der Waals surface area contributed by atoms with Crippen LogP contribution >= 0.6 is 0 Å². The normalized spacial score (nSPS) is 16.1. The Balaban J connectivity index is 2.09.